The number of hydrogen-bond donors (Lipinski definition) is 0. The standard InChI is InChI=1S/C26H30O3/c1-26-13-12-19-20(22(26)10-11-25(26)27)9-8-18-14-24(23(28-2)15-21(18)19)29-16-17-6-4-3-5-7-17/h3-7,14-15,19-20,22H,8-13,16H2,1-2H3. The Balaban J connectivity index is 1.42. The van der Waals surface area contributed by atoms with Crippen molar-refractivity contribution >= 4 is 5.78 Å². The first-order chi connectivity index (χ1) is 14.1. The Morgan fingerprint density at radius 1 is 1.03 bits per heavy atom. The van der Waals surface area contributed by atoms with Crippen LogP contribution in [0, 0.1) is 17.3 Å². The molecule has 4 unspecified atom stereocenters. The molecule has 4 atom stereocenters. The lowest BCUT2D eigenvalue weighted by molar-refractivity contribution is -0.129. The number of rotatable bonds is 4. The van der Waals surface area contributed by atoms with E-state index in [0.717, 1.165) is 49.2 Å². The fraction of sp³-hybridized carbons (Fsp3) is 0.500. The molecule has 0 radical (unpaired) electrons. The van der Waals surface area contributed by atoms with Gasteiger partial charge in [-0.1, -0.05) is 37.3 Å². The van der Waals surface area contributed by atoms with E-state index in [-0.39, 0.29) is 5.41 Å². The van der Waals surface area contributed by atoms with Crippen LogP contribution in [0.3, 0.4) is 0 Å². The summed E-state index contributed by atoms with van der Waals surface area (Å²) in [5.74, 6) is 3.92. The summed E-state index contributed by atoms with van der Waals surface area (Å²) in [5, 5.41) is 0. The number of benzene rings is 2. The lowest BCUT2D eigenvalue weighted by Gasteiger charge is -2.48. The minimum absolute atomic E-state index is 0.0680. The third-order valence-electron chi connectivity index (χ3n) is 7.96. The lowest BCUT2D eigenvalue weighted by Crippen LogP contribution is -2.42. The maximum Gasteiger partial charge on any atom is 0.161 e. The van der Waals surface area contributed by atoms with Crippen LogP contribution >= 0.6 is 0 Å². The van der Waals surface area contributed by atoms with Gasteiger partial charge in [-0.2, -0.15) is 0 Å². The molecule has 29 heavy (non-hydrogen) atoms. The van der Waals surface area contributed by atoms with Gasteiger partial charge in [-0.15, -0.1) is 0 Å². The molecule has 2 aromatic carbocycles. The van der Waals surface area contributed by atoms with Crippen LogP contribution in [0.4, 0.5) is 0 Å². The second kappa shape index (κ2) is 7.19. The average Bonchev–Trinajstić information content (AvgIpc) is 3.06. The van der Waals surface area contributed by atoms with Gasteiger partial charge in [-0.3, -0.25) is 4.79 Å². The highest BCUT2D eigenvalue weighted by molar-refractivity contribution is 5.87. The number of ether oxygens (including phenoxy) is 2. The van der Waals surface area contributed by atoms with Crippen LogP contribution in [0.1, 0.15) is 61.6 Å². The highest BCUT2D eigenvalue weighted by atomic mass is 16.5. The predicted octanol–water partition coefficient (Wildman–Crippen LogP) is 5.70. The molecule has 2 fully saturated rings. The van der Waals surface area contributed by atoms with Crippen LogP contribution in [0.25, 0.3) is 0 Å². The van der Waals surface area contributed by atoms with Gasteiger partial charge in [-0.25, -0.2) is 0 Å². The molecule has 3 heteroatoms. The molecule has 3 aliphatic rings. The summed E-state index contributed by atoms with van der Waals surface area (Å²) in [4.78, 5) is 12.5. The Labute approximate surface area is 173 Å². The molecule has 0 heterocycles. The van der Waals surface area contributed by atoms with Gasteiger partial charge in [0, 0.05) is 11.8 Å². The van der Waals surface area contributed by atoms with Gasteiger partial charge in [0.25, 0.3) is 0 Å². The van der Waals surface area contributed by atoms with Crippen LogP contribution in [-0.4, -0.2) is 12.9 Å². The van der Waals surface area contributed by atoms with E-state index in [1.165, 1.54) is 17.5 Å². The number of carbonyl (C=O) groups is 1. The normalized spacial score (nSPS) is 30.3. The number of aryl methyl sites for hydroxylation is 1. The molecule has 3 nitrogen and oxygen atoms in total. The number of ketones is 1. The van der Waals surface area contributed by atoms with Gasteiger partial charge >= 0.3 is 0 Å². The van der Waals surface area contributed by atoms with Crippen molar-refractivity contribution < 1.29 is 14.3 Å². The predicted molar refractivity (Wildman–Crippen MR) is 113 cm³/mol. The SMILES string of the molecule is COc1cc2c(cc1OCc1ccccc1)CCC1C2CCC2(C)C(=O)CCC12. The van der Waals surface area contributed by atoms with Crippen molar-refractivity contribution in [2.45, 2.75) is 58.0 Å². The zero-order valence-corrected chi connectivity index (χ0v) is 17.4. The molecule has 0 aromatic heterocycles. The minimum Gasteiger partial charge on any atom is -0.493 e. The van der Waals surface area contributed by atoms with Crippen molar-refractivity contribution in [1.29, 1.82) is 0 Å². The molecule has 152 valence electrons. The van der Waals surface area contributed by atoms with Gasteiger partial charge in [0.05, 0.1) is 7.11 Å². The fourth-order valence-corrected chi connectivity index (χ4v) is 6.36. The molecule has 2 saturated carbocycles. The summed E-state index contributed by atoms with van der Waals surface area (Å²) in [7, 11) is 1.73. The smallest absolute Gasteiger partial charge is 0.161 e. The lowest BCUT2D eigenvalue weighted by atomic mass is 9.55. The highest BCUT2D eigenvalue weighted by Gasteiger charge is 2.54. The van der Waals surface area contributed by atoms with E-state index in [1.807, 2.05) is 18.2 Å². The van der Waals surface area contributed by atoms with Crippen LogP contribution in [0.5, 0.6) is 11.5 Å². The Kier molecular flexibility index (Phi) is 4.64. The van der Waals surface area contributed by atoms with Crippen molar-refractivity contribution in [2.24, 2.45) is 17.3 Å². The number of Topliss-reactive ketones (excluding diaryl/α,β-unsaturated/α-hetero) is 1. The van der Waals surface area contributed by atoms with E-state index in [0.29, 0.717) is 30.1 Å². The van der Waals surface area contributed by atoms with Crippen molar-refractivity contribution in [2.75, 3.05) is 7.11 Å². The first-order valence-corrected chi connectivity index (χ1v) is 11.0. The first-order valence-electron chi connectivity index (χ1n) is 11.0. The van der Waals surface area contributed by atoms with Crippen LogP contribution in [0.15, 0.2) is 42.5 Å². The average molecular weight is 391 g/mol. The molecular weight excluding hydrogens is 360 g/mol. The third kappa shape index (κ3) is 3.06. The van der Waals surface area contributed by atoms with Crippen molar-refractivity contribution in [3.05, 3.63) is 59.2 Å². The van der Waals surface area contributed by atoms with Crippen LogP contribution in [-0.2, 0) is 17.8 Å². The second-order valence-electron chi connectivity index (χ2n) is 9.31. The molecule has 3 aliphatic carbocycles. The van der Waals surface area contributed by atoms with E-state index in [2.05, 4.69) is 31.2 Å². The molecule has 2 aromatic rings. The van der Waals surface area contributed by atoms with Crippen LogP contribution in [0.2, 0.25) is 0 Å². The van der Waals surface area contributed by atoms with E-state index < -0.39 is 0 Å². The molecule has 0 spiro atoms. The number of fused-ring (bicyclic) bond motifs is 5. The second-order valence-corrected chi connectivity index (χ2v) is 9.31. The molecule has 0 bridgehead atoms. The van der Waals surface area contributed by atoms with Gasteiger partial charge in [0.2, 0.25) is 0 Å². The molecule has 0 N–H and O–H groups in total. The zero-order valence-electron chi connectivity index (χ0n) is 17.4. The molecular formula is C26H30O3. The fourth-order valence-electron chi connectivity index (χ4n) is 6.36. The zero-order chi connectivity index (χ0) is 20.0. The number of methoxy groups -OCH3 is 1. The van der Waals surface area contributed by atoms with Gasteiger partial charge in [0.1, 0.15) is 12.4 Å². The maximum absolute atomic E-state index is 12.5. The first kappa shape index (κ1) is 18.7. The van der Waals surface area contributed by atoms with Gasteiger partial charge in [0.15, 0.2) is 11.5 Å². The summed E-state index contributed by atoms with van der Waals surface area (Å²) in [6.07, 6.45) is 6.28. The quantitative estimate of drug-likeness (QED) is 0.672. The maximum atomic E-state index is 12.5. The Hall–Kier alpha value is -2.29. The van der Waals surface area contributed by atoms with Crippen molar-refractivity contribution in [1.82, 2.24) is 0 Å². The van der Waals surface area contributed by atoms with E-state index in [1.54, 1.807) is 7.11 Å². The van der Waals surface area contributed by atoms with Crippen molar-refractivity contribution in [3.8, 4) is 11.5 Å². The Morgan fingerprint density at radius 3 is 2.66 bits per heavy atom. The summed E-state index contributed by atoms with van der Waals surface area (Å²) in [6.45, 7) is 2.78. The third-order valence-corrected chi connectivity index (χ3v) is 7.96. The topological polar surface area (TPSA) is 35.5 Å². The monoisotopic (exact) mass is 390 g/mol. The van der Waals surface area contributed by atoms with E-state index in [4.69, 9.17) is 9.47 Å². The molecule has 0 amide bonds. The van der Waals surface area contributed by atoms with E-state index in [9.17, 15) is 4.79 Å². The summed E-state index contributed by atoms with van der Waals surface area (Å²) >= 11 is 0. The minimum atomic E-state index is -0.0680. The highest BCUT2D eigenvalue weighted by Crippen LogP contribution is 2.60. The Morgan fingerprint density at radius 2 is 1.86 bits per heavy atom. The van der Waals surface area contributed by atoms with E-state index >= 15 is 0 Å². The Bertz CT molecular complexity index is 919. The number of carbonyl (C=O) groups excluding carboxylic acids is 1. The van der Waals surface area contributed by atoms with Crippen molar-refractivity contribution in [3.63, 3.8) is 0 Å². The molecule has 5 rings (SSSR count). The summed E-state index contributed by atoms with van der Waals surface area (Å²) in [5.41, 5.74) is 3.93. The van der Waals surface area contributed by atoms with Crippen LogP contribution < -0.4 is 9.47 Å². The largest absolute Gasteiger partial charge is 0.493 e. The van der Waals surface area contributed by atoms with Gasteiger partial charge < -0.3 is 9.47 Å². The summed E-state index contributed by atoms with van der Waals surface area (Å²) < 4.78 is 11.9. The van der Waals surface area contributed by atoms with Gasteiger partial charge in [-0.05, 0) is 78.7 Å². The number of hydrogen-bond acceptors (Lipinski definition) is 3. The molecule has 0 saturated heterocycles. The molecule has 0 aliphatic heterocycles. The summed E-state index contributed by atoms with van der Waals surface area (Å²) in [6, 6.07) is 14.7.